The van der Waals surface area contributed by atoms with Crippen molar-refractivity contribution < 1.29 is 0 Å². The van der Waals surface area contributed by atoms with Gasteiger partial charge in [-0.05, 0) is 48.5 Å². The number of hydrogen-bond donors (Lipinski definition) is 1. The maximum absolute atomic E-state index is 5.87. The Morgan fingerprint density at radius 3 is 2.13 bits per heavy atom. The van der Waals surface area contributed by atoms with Crippen molar-refractivity contribution in [2.45, 2.75) is 52.4 Å². The molecule has 1 aromatic heterocycles. The van der Waals surface area contributed by atoms with Gasteiger partial charge in [0, 0.05) is 18.7 Å². The molecule has 1 saturated carbocycles. The van der Waals surface area contributed by atoms with E-state index in [-0.39, 0.29) is 0 Å². The standard InChI is InChI=1S/C20H29N3/c1-20(2,3)17-11-9-15(10-12-17)14-5-7-16(8-6-14)18-13-19(21)23(4)22-18/h5-8,13,15,17H,9-12,21H2,1-4H3. The molecule has 0 atom stereocenters. The maximum Gasteiger partial charge on any atom is 0.121 e. The molecule has 0 spiro atoms. The van der Waals surface area contributed by atoms with Gasteiger partial charge in [-0.3, -0.25) is 4.68 Å². The van der Waals surface area contributed by atoms with Gasteiger partial charge in [0.25, 0.3) is 0 Å². The molecule has 0 amide bonds. The van der Waals surface area contributed by atoms with Gasteiger partial charge >= 0.3 is 0 Å². The van der Waals surface area contributed by atoms with E-state index in [1.54, 1.807) is 4.68 Å². The second-order valence-electron chi connectivity index (χ2n) is 8.11. The van der Waals surface area contributed by atoms with Crippen LogP contribution in [-0.2, 0) is 7.05 Å². The van der Waals surface area contributed by atoms with Gasteiger partial charge in [0.15, 0.2) is 0 Å². The Bertz CT molecular complexity index is 634. The van der Waals surface area contributed by atoms with Crippen molar-refractivity contribution in [3.63, 3.8) is 0 Å². The fourth-order valence-corrected chi connectivity index (χ4v) is 3.84. The SMILES string of the molecule is Cn1nc(-c2ccc(C3CCC(C(C)(C)C)CC3)cc2)cc1N. The van der Waals surface area contributed by atoms with Crippen molar-refractivity contribution in [2.75, 3.05) is 5.73 Å². The minimum atomic E-state index is 0.452. The molecule has 3 heteroatoms. The number of benzene rings is 1. The number of aromatic nitrogens is 2. The number of rotatable bonds is 2. The van der Waals surface area contributed by atoms with E-state index in [9.17, 15) is 0 Å². The summed E-state index contributed by atoms with van der Waals surface area (Å²) < 4.78 is 1.72. The zero-order chi connectivity index (χ0) is 16.6. The molecule has 1 heterocycles. The molecule has 2 N–H and O–H groups in total. The van der Waals surface area contributed by atoms with Gasteiger partial charge in [0.05, 0.1) is 5.69 Å². The van der Waals surface area contributed by atoms with Crippen LogP contribution in [0, 0.1) is 11.3 Å². The fraction of sp³-hybridized carbons (Fsp3) is 0.550. The van der Waals surface area contributed by atoms with Gasteiger partial charge in [-0.2, -0.15) is 5.10 Å². The van der Waals surface area contributed by atoms with Crippen LogP contribution < -0.4 is 5.73 Å². The van der Waals surface area contributed by atoms with Gasteiger partial charge in [0.2, 0.25) is 0 Å². The summed E-state index contributed by atoms with van der Waals surface area (Å²) in [5.41, 5.74) is 9.90. The fourth-order valence-electron chi connectivity index (χ4n) is 3.84. The van der Waals surface area contributed by atoms with Gasteiger partial charge < -0.3 is 5.73 Å². The van der Waals surface area contributed by atoms with E-state index in [1.165, 1.54) is 31.2 Å². The molecule has 23 heavy (non-hydrogen) atoms. The van der Waals surface area contributed by atoms with Crippen LogP contribution in [0.2, 0.25) is 0 Å². The number of hydrogen-bond acceptors (Lipinski definition) is 2. The minimum absolute atomic E-state index is 0.452. The third kappa shape index (κ3) is 3.44. The summed E-state index contributed by atoms with van der Waals surface area (Å²) in [7, 11) is 1.88. The van der Waals surface area contributed by atoms with Crippen molar-refractivity contribution in [1.29, 1.82) is 0 Å². The lowest BCUT2D eigenvalue weighted by Crippen LogP contribution is -2.25. The van der Waals surface area contributed by atoms with E-state index in [2.05, 4.69) is 50.1 Å². The maximum atomic E-state index is 5.87. The van der Waals surface area contributed by atoms with Gasteiger partial charge in [-0.15, -0.1) is 0 Å². The number of nitrogen functional groups attached to an aromatic ring is 1. The highest BCUT2D eigenvalue weighted by Gasteiger charge is 2.30. The molecule has 1 aliphatic rings. The average Bonchev–Trinajstić information content (AvgIpc) is 2.86. The minimum Gasteiger partial charge on any atom is -0.384 e. The topological polar surface area (TPSA) is 43.8 Å². The van der Waals surface area contributed by atoms with Gasteiger partial charge in [-0.1, -0.05) is 45.0 Å². The predicted octanol–water partition coefficient (Wildman–Crippen LogP) is 4.99. The lowest BCUT2D eigenvalue weighted by atomic mass is 9.68. The van der Waals surface area contributed by atoms with Crippen LogP contribution >= 0.6 is 0 Å². The third-order valence-electron chi connectivity index (χ3n) is 5.55. The normalized spacial score (nSPS) is 22.3. The van der Waals surface area contributed by atoms with E-state index in [0.29, 0.717) is 11.2 Å². The Labute approximate surface area is 139 Å². The van der Waals surface area contributed by atoms with E-state index >= 15 is 0 Å². The molecule has 0 aliphatic heterocycles. The van der Waals surface area contributed by atoms with Crippen molar-refractivity contribution in [3.8, 4) is 11.3 Å². The number of nitrogens with two attached hydrogens (primary N) is 1. The van der Waals surface area contributed by atoms with Gasteiger partial charge in [0.1, 0.15) is 5.82 Å². The molecule has 0 bridgehead atoms. The molecule has 0 radical (unpaired) electrons. The highest BCUT2D eigenvalue weighted by molar-refractivity contribution is 5.62. The summed E-state index contributed by atoms with van der Waals surface area (Å²) in [4.78, 5) is 0. The largest absolute Gasteiger partial charge is 0.384 e. The molecule has 3 nitrogen and oxygen atoms in total. The predicted molar refractivity (Wildman–Crippen MR) is 97.2 cm³/mol. The molecular formula is C20H29N3. The molecule has 1 aromatic carbocycles. The smallest absolute Gasteiger partial charge is 0.121 e. The number of anilines is 1. The third-order valence-corrected chi connectivity index (χ3v) is 5.55. The highest BCUT2D eigenvalue weighted by Crippen LogP contribution is 2.43. The molecular weight excluding hydrogens is 282 g/mol. The van der Waals surface area contributed by atoms with Crippen LogP contribution in [0.3, 0.4) is 0 Å². The van der Waals surface area contributed by atoms with Gasteiger partial charge in [-0.25, -0.2) is 0 Å². The lowest BCUT2D eigenvalue weighted by Gasteiger charge is -2.37. The van der Waals surface area contributed by atoms with E-state index in [0.717, 1.165) is 23.1 Å². The molecule has 0 unspecified atom stereocenters. The first-order chi connectivity index (χ1) is 10.8. The average molecular weight is 311 g/mol. The summed E-state index contributed by atoms with van der Waals surface area (Å²) >= 11 is 0. The molecule has 124 valence electrons. The first-order valence-corrected chi connectivity index (χ1v) is 8.74. The van der Waals surface area contributed by atoms with E-state index in [1.807, 2.05) is 13.1 Å². The van der Waals surface area contributed by atoms with Crippen molar-refractivity contribution in [3.05, 3.63) is 35.9 Å². The molecule has 3 rings (SSSR count). The van der Waals surface area contributed by atoms with Crippen LogP contribution in [0.25, 0.3) is 11.3 Å². The Hall–Kier alpha value is -1.77. The molecule has 0 saturated heterocycles. The first kappa shape index (κ1) is 16.1. The Balaban J connectivity index is 1.69. The van der Waals surface area contributed by atoms with Crippen LogP contribution in [0.15, 0.2) is 30.3 Å². The summed E-state index contributed by atoms with van der Waals surface area (Å²) in [6.07, 6.45) is 5.34. The zero-order valence-electron chi connectivity index (χ0n) is 14.8. The first-order valence-electron chi connectivity index (χ1n) is 8.74. The monoisotopic (exact) mass is 311 g/mol. The van der Waals surface area contributed by atoms with Crippen molar-refractivity contribution in [1.82, 2.24) is 9.78 Å². The Morgan fingerprint density at radius 2 is 1.65 bits per heavy atom. The molecule has 2 aromatic rings. The second-order valence-corrected chi connectivity index (χ2v) is 8.11. The summed E-state index contributed by atoms with van der Waals surface area (Å²) in [6, 6.07) is 10.9. The Kier molecular flexibility index (Phi) is 4.22. The Morgan fingerprint density at radius 1 is 1.04 bits per heavy atom. The quantitative estimate of drug-likeness (QED) is 0.849. The second kappa shape index (κ2) is 6.03. The summed E-state index contributed by atoms with van der Waals surface area (Å²) in [6.45, 7) is 7.14. The zero-order valence-corrected chi connectivity index (χ0v) is 14.8. The lowest BCUT2D eigenvalue weighted by molar-refractivity contribution is 0.169. The van der Waals surface area contributed by atoms with E-state index in [4.69, 9.17) is 5.73 Å². The summed E-state index contributed by atoms with van der Waals surface area (Å²) in [5.74, 6) is 2.29. The van der Waals surface area contributed by atoms with Crippen molar-refractivity contribution >= 4 is 5.82 Å². The van der Waals surface area contributed by atoms with Crippen LogP contribution in [0.1, 0.15) is 57.9 Å². The van der Waals surface area contributed by atoms with Crippen LogP contribution in [0.5, 0.6) is 0 Å². The summed E-state index contributed by atoms with van der Waals surface area (Å²) in [5, 5.41) is 4.45. The number of nitrogens with zero attached hydrogens (tertiary/aromatic N) is 2. The molecule has 1 fully saturated rings. The number of aryl methyl sites for hydroxylation is 1. The van der Waals surface area contributed by atoms with Crippen molar-refractivity contribution in [2.24, 2.45) is 18.4 Å². The molecule has 1 aliphatic carbocycles. The van der Waals surface area contributed by atoms with Crippen LogP contribution in [0.4, 0.5) is 5.82 Å². The highest BCUT2D eigenvalue weighted by atomic mass is 15.3. The van der Waals surface area contributed by atoms with Crippen LogP contribution in [-0.4, -0.2) is 9.78 Å². The van der Waals surface area contributed by atoms with E-state index < -0.39 is 0 Å².